The number of nitrogens with zero attached hydrogens (tertiary/aromatic N) is 1. The first-order valence-corrected chi connectivity index (χ1v) is 4.27. The maximum absolute atomic E-state index is 12.4. The van der Waals surface area contributed by atoms with Gasteiger partial charge in [-0.05, 0) is 6.07 Å². The number of alkyl halides is 2. The van der Waals surface area contributed by atoms with Crippen molar-refractivity contribution >= 4 is 5.88 Å². The summed E-state index contributed by atoms with van der Waals surface area (Å²) in [5.74, 6) is 0.160. The van der Waals surface area contributed by atoms with Crippen LogP contribution in [0.15, 0.2) is 34.9 Å². The number of benzene rings is 1. The molecule has 0 unspecified atom stereocenters. The zero-order valence-electron chi connectivity index (χ0n) is 7.65. The van der Waals surface area contributed by atoms with E-state index in [2.05, 4.69) is 9.68 Å². The first-order valence-electron chi connectivity index (χ1n) is 4.27. The fourth-order valence-corrected chi connectivity index (χ4v) is 1.26. The summed E-state index contributed by atoms with van der Waals surface area (Å²) in [6.45, 7) is 0. The average molecular weight is 210 g/mol. The molecule has 0 radical (unpaired) electrons. The van der Waals surface area contributed by atoms with Gasteiger partial charge >= 0.3 is 0 Å². The van der Waals surface area contributed by atoms with Crippen LogP contribution in [-0.4, -0.2) is 5.16 Å². The van der Waals surface area contributed by atoms with Crippen molar-refractivity contribution in [3.63, 3.8) is 0 Å². The van der Waals surface area contributed by atoms with Crippen molar-refractivity contribution in [3.8, 4) is 11.3 Å². The van der Waals surface area contributed by atoms with E-state index < -0.39 is 6.43 Å². The zero-order valence-corrected chi connectivity index (χ0v) is 7.65. The summed E-state index contributed by atoms with van der Waals surface area (Å²) in [7, 11) is 0. The van der Waals surface area contributed by atoms with Crippen molar-refractivity contribution in [2.75, 3.05) is 5.73 Å². The largest absolute Gasteiger partial charge is 0.368 e. The molecule has 2 rings (SSSR count). The third-order valence-electron chi connectivity index (χ3n) is 1.96. The molecular formula is C10H8F2N2O. The Morgan fingerprint density at radius 1 is 1.27 bits per heavy atom. The predicted molar refractivity (Wildman–Crippen MR) is 51.3 cm³/mol. The van der Waals surface area contributed by atoms with E-state index in [0.29, 0.717) is 11.3 Å². The molecule has 0 saturated carbocycles. The van der Waals surface area contributed by atoms with Crippen LogP contribution in [0.1, 0.15) is 12.0 Å². The van der Waals surface area contributed by atoms with Crippen LogP contribution >= 0.6 is 0 Å². The lowest BCUT2D eigenvalue weighted by Crippen LogP contribution is -1.85. The van der Waals surface area contributed by atoms with Crippen LogP contribution < -0.4 is 5.73 Å². The van der Waals surface area contributed by atoms with E-state index in [0.717, 1.165) is 0 Å². The van der Waals surface area contributed by atoms with E-state index in [1.165, 1.54) is 18.2 Å². The Bertz CT molecular complexity index is 468. The highest BCUT2D eigenvalue weighted by Gasteiger charge is 2.09. The summed E-state index contributed by atoms with van der Waals surface area (Å²) >= 11 is 0. The van der Waals surface area contributed by atoms with Gasteiger partial charge in [0.15, 0.2) is 0 Å². The van der Waals surface area contributed by atoms with Crippen molar-refractivity contribution in [1.29, 1.82) is 0 Å². The second-order valence-corrected chi connectivity index (χ2v) is 3.04. The molecule has 15 heavy (non-hydrogen) atoms. The van der Waals surface area contributed by atoms with Crippen molar-refractivity contribution in [2.45, 2.75) is 6.43 Å². The third-order valence-corrected chi connectivity index (χ3v) is 1.96. The summed E-state index contributed by atoms with van der Waals surface area (Å²) in [5.41, 5.74) is 6.31. The van der Waals surface area contributed by atoms with E-state index in [-0.39, 0.29) is 11.4 Å². The van der Waals surface area contributed by atoms with Gasteiger partial charge < -0.3 is 10.3 Å². The van der Waals surface area contributed by atoms with Crippen LogP contribution in [0.3, 0.4) is 0 Å². The number of nitrogen functional groups attached to an aromatic ring is 1. The molecule has 2 aromatic rings. The van der Waals surface area contributed by atoms with Crippen LogP contribution in [-0.2, 0) is 0 Å². The minimum absolute atomic E-state index is 0.0472. The average Bonchev–Trinajstić information content (AvgIpc) is 2.65. The number of halogens is 2. The van der Waals surface area contributed by atoms with Gasteiger partial charge in [0.2, 0.25) is 5.88 Å². The molecule has 1 aromatic carbocycles. The molecule has 0 atom stereocenters. The second-order valence-electron chi connectivity index (χ2n) is 3.04. The normalized spacial score (nSPS) is 10.9. The lowest BCUT2D eigenvalue weighted by Gasteiger charge is -2.00. The van der Waals surface area contributed by atoms with E-state index in [1.807, 2.05) is 0 Å². The number of anilines is 1. The molecular weight excluding hydrogens is 202 g/mol. The number of hydrogen-bond acceptors (Lipinski definition) is 3. The second kappa shape index (κ2) is 3.68. The number of aromatic nitrogens is 1. The third kappa shape index (κ3) is 1.96. The van der Waals surface area contributed by atoms with E-state index in [1.54, 1.807) is 12.1 Å². The number of nitrogens with two attached hydrogens (primary N) is 1. The summed E-state index contributed by atoms with van der Waals surface area (Å²) < 4.78 is 29.5. The first kappa shape index (κ1) is 9.64. The van der Waals surface area contributed by atoms with Crippen molar-refractivity contribution < 1.29 is 13.3 Å². The quantitative estimate of drug-likeness (QED) is 0.829. The predicted octanol–water partition coefficient (Wildman–Crippen LogP) is 2.86. The molecule has 0 aliphatic rings. The zero-order chi connectivity index (χ0) is 10.8. The Balaban J connectivity index is 2.41. The van der Waals surface area contributed by atoms with Crippen molar-refractivity contribution in [3.05, 3.63) is 35.9 Å². The molecule has 0 saturated heterocycles. The molecule has 0 bridgehead atoms. The van der Waals surface area contributed by atoms with E-state index in [4.69, 9.17) is 5.73 Å². The molecule has 0 aliphatic carbocycles. The van der Waals surface area contributed by atoms with Gasteiger partial charge in [0, 0.05) is 17.2 Å². The van der Waals surface area contributed by atoms with Crippen LogP contribution in [0.2, 0.25) is 0 Å². The van der Waals surface area contributed by atoms with Gasteiger partial charge in [-0.25, -0.2) is 8.78 Å². The van der Waals surface area contributed by atoms with Gasteiger partial charge in [0.05, 0.1) is 0 Å². The molecule has 2 N–H and O–H groups in total. The monoisotopic (exact) mass is 210 g/mol. The Labute approximate surface area is 84.5 Å². The topological polar surface area (TPSA) is 52.0 Å². The molecule has 0 fully saturated rings. The van der Waals surface area contributed by atoms with Gasteiger partial charge in [-0.15, -0.1) is 0 Å². The summed E-state index contributed by atoms with van der Waals surface area (Å²) in [5, 5.41) is 3.64. The van der Waals surface area contributed by atoms with Crippen molar-refractivity contribution in [2.24, 2.45) is 0 Å². The van der Waals surface area contributed by atoms with Crippen LogP contribution in [0, 0.1) is 0 Å². The highest BCUT2D eigenvalue weighted by Crippen LogP contribution is 2.25. The van der Waals surface area contributed by atoms with Gasteiger partial charge in [-0.1, -0.05) is 23.4 Å². The Morgan fingerprint density at radius 2 is 2.07 bits per heavy atom. The van der Waals surface area contributed by atoms with Crippen LogP contribution in [0.5, 0.6) is 0 Å². The minimum atomic E-state index is -2.49. The lowest BCUT2D eigenvalue weighted by atomic mass is 10.1. The standard InChI is InChI=1S/C10H8F2N2O/c11-10(12)7-3-1-2-6(4-7)8-5-9(13)15-14-8/h1-5,10H,13H2. The van der Waals surface area contributed by atoms with Crippen LogP contribution in [0.25, 0.3) is 11.3 Å². The van der Waals surface area contributed by atoms with Crippen LogP contribution in [0.4, 0.5) is 14.7 Å². The summed E-state index contributed by atoms with van der Waals surface area (Å²) in [6, 6.07) is 7.43. The molecule has 1 aromatic heterocycles. The maximum Gasteiger partial charge on any atom is 0.263 e. The highest BCUT2D eigenvalue weighted by molar-refractivity contribution is 5.61. The molecule has 0 spiro atoms. The Morgan fingerprint density at radius 3 is 2.67 bits per heavy atom. The van der Waals surface area contributed by atoms with Gasteiger partial charge in [-0.3, -0.25) is 0 Å². The lowest BCUT2D eigenvalue weighted by molar-refractivity contribution is 0.151. The SMILES string of the molecule is Nc1cc(-c2cccc(C(F)F)c2)no1. The highest BCUT2D eigenvalue weighted by atomic mass is 19.3. The Kier molecular flexibility index (Phi) is 2.37. The molecule has 0 amide bonds. The number of rotatable bonds is 2. The van der Waals surface area contributed by atoms with E-state index in [9.17, 15) is 8.78 Å². The smallest absolute Gasteiger partial charge is 0.263 e. The molecule has 3 nitrogen and oxygen atoms in total. The minimum Gasteiger partial charge on any atom is -0.368 e. The summed E-state index contributed by atoms with van der Waals surface area (Å²) in [6.07, 6.45) is -2.49. The van der Waals surface area contributed by atoms with E-state index >= 15 is 0 Å². The first-order chi connectivity index (χ1) is 7.16. The maximum atomic E-state index is 12.4. The summed E-state index contributed by atoms with van der Waals surface area (Å²) in [4.78, 5) is 0. The molecule has 1 heterocycles. The number of hydrogen-bond donors (Lipinski definition) is 1. The van der Waals surface area contributed by atoms with Crippen molar-refractivity contribution in [1.82, 2.24) is 5.16 Å². The fraction of sp³-hybridized carbons (Fsp3) is 0.100. The molecule has 5 heteroatoms. The molecule has 78 valence electrons. The van der Waals surface area contributed by atoms with Gasteiger partial charge in [-0.2, -0.15) is 0 Å². The van der Waals surface area contributed by atoms with Gasteiger partial charge in [0.1, 0.15) is 5.69 Å². The molecule has 0 aliphatic heterocycles. The van der Waals surface area contributed by atoms with Gasteiger partial charge in [0.25, 0.3) is 6.43 Å². The Hall–Kier alpha value is -1.91. The fourth-order valence-electron chi connectivity index (χ4n) is 1.26.